The number of nitrogens with one attached hydrogen (secondary N) is 1. The summed E-state index contributed by atoms with van der Waals surface area (Å²) in [6, 6.07) is 29.0. The minimum Gasteiger partial charge on any atom is -0.492 e. The molecule has 0 spiro atoms. The number of rotatable bonds is 14. The standard InChI is InChI=1S/C39H44ClN3O5S/c1-3-48-37-21-13-12-20-35(37)43(49(46,47)33-24-22-29(2)23-25-33)28-38(44)42(27-31-16-10-11-19-34(31)40)36(26-30-14-6-4-7-15-30)39(45)41-32-17-8-5-9-18-32/h4,6-7,10-16,19-25,32,36H,3,5,8-9,17-18,26-28H2,1-2H3,(H,41,45)/t36-/m1/s1. The van der Waals surface area contributed by atoms with Crippen LogP contribution in [0.15, 0.2) is 108 Å². The van der Waals surface area contributed by atoms with Crippen molar-refractivity contribution in [2.75, 3.05) is 17.5 Å². The average Bonchev–Trinajstić information content (AvgIpc) is 3.11. The quantitative estimate of drug-likeness (QED) is 0.149. The van der Waals surface area contributed by atoms with E-state index < -0.39 is 28.5 Å². The second-order valence-electron chi connectivity index (χ2n) is 12.4. The predicted octanol–water partition coefficient (Wildman–Crippen LogP) is 7.33. The molecule has 0 saturated heterocycles. The predicted molar refractivity (Wildman–Crippen MR) is 194 cm³/mol. The molecule has 0 aliphatic heterocycles. The van der Waals surface area contributed by atoms with E-state index >= 15 is 0 Å². The molecule has 49 heavy (non-hydrogen) atoms. The largest absolute Gasteiger partial charge is 0.492 e. The van der Waals surface area contributed by atoms with Gasteiger partial charge < -0.3 is 15.0 Å². The summed E-state index contributed by atoms with van der Waals surface area (Å²) in [5.74, 6) is -0.512. The van der Waals surface area contributed by atoms with Crippen molar-refractivity contribution in [2.24, 2.45) is 0 Å². The van der Waals surface area contributed by atoms with Gasteiger partial charge in [-0.2, -0.15) is 0 Å². The molecule has 4 aromatic rings. The lowest BCUT2D eigenvalue weighted by Gasteiger charge is -2.35. The van der Waals surface area contributed by atoms with Gasteiger partial charge in [-0.15, -0.1) is 0 Å². The monoisotopic (exact) mass is 701 g/mol. The Balaban J connectivity index is 1.60. The molecule has 1 atom stereocenters. The molecule has 0 bridgehead atoms. The Bertz CT molecular complexity index is 1810. The van der Waals surface area contributed by atoms with Gasteiger partial charge in [-0.3, -0.25) is 13.9 Å². The Kier molecular flexibility index (Phi) is 12.4. The van der Waals surface area contributed by atoms with Gasteiger partial charge in [0.1, 0.15) is 18.3 Å². The summed E-state index contributed by atoms with van der Waals surface area (Å²) in [5.41, 5.74) is 2.63. The number of para-hydroxylation sites is 2. The second-order valence-corrected chi connectivity index (χ2v) is 14.7. The summed E-state index contributed by atoms with van der Waals surface area (Å²) in [4.78, 5) is 30.6. The molecular weight excluding hydrogens is 658 g/mol. The highest BCUT2D eigenvalue weighted by molar-refractivity contribution is 7.92. The van der Waals surface area contributed by atoms with Crippen molar-refractivity contribution in [3.05, 3.63) is 125 Å². The van der Waals surface area contributed by atoms with E-state index in [1.165, 1.54) is 17.0 Å². The smallest absolute Gasteiger partial charge is 0.264 e. The van der Waals surface area contributed by atoms with Crippen LogP contribution < -0.4 is 14.4 Å². The lowest BCUT2D eigenvalue weighted by Crippen LogP contribution is -2.55. The number of anilines is 1. The SMILES string of the molecule is CCOc1ccccc1N(CC(=O)N(Cc1ccccc1Cl)[C@H](Cc1ccccc1)C(=O)NC1CCCCC1)S(=O)(=O)c1ccc(C)cc1. The Morgan fingerprint density at radius 3 is 2.22 bits per heavy atom. The van der Waals surface area contributed by atoms with Crippen molar-refractivity contribution in [3.63, 3.8) is 0 Å². The maximum atomic E-state index is 14.8. The van der Waals surface area contributed by atoms with E-state index in [0.29, 0.717) is 22.9 Å². The minimum atomic E-state index is -4.27. The van der Waals surface area contributed by atoms with Gasteiger partial charge >= 0.3 is 0 Å². The number of carbonyl (C=O) groups is 2. The normalized spacial score (nSPS) is 14.1. The molecule has 1 saturated carbocycles. The third kappa shape index (κ3) is 9.22. The van der Waals surface area contributed by atoms with E-state index in [9.17, 15) is 18.0 Å². The number of benzene rings is 4. The van der Waals surface area contributed by atoms with E-state index in [0.717, 1.165) is 47.5 Å². The molecular formula is C39H44ClN3O5S. The van der Waals surface area contributed by atoms with Gasteiger partial charge in [0.05, 0.1) is 17.2 Å². The molecule has 1 aliphatic carbocycles. The van der Waals surface area contributed by atoms with Crippen LogP contribution in [0.1, 0.15) is 55.7 Å². The van der Waals surface area contributed by atoms with Gasteiger partial charge in [-0.25, -0.2) is 8.42 Å². The summed E-state index contributed by atoms with van der Waals surface area (Å²) in [5, 5.41) is 3.67. The zero-order chi connectivity index (χ0) is 34.8. The highest BCUT2D eigenvalue weighted by Gasteiger charge is 2.36. The van der Waals surface area contributed by atoms with Crippen LogP contribution in [0.3, 0.4) is 0 Å². The fourth-order valence-corrected chi connectivity index (χ4v) is 7.82. The first-order valence-corrected chi connectivity index (χ1v) is 18.7. The van der Waals surface area contributed by atoms with Crippen LogP contribution in [0.5, 0.6) is 5.75 Å². The van der Waals surface area contributed by atoms with Crippen molar-refractivity contribution >= 4 is 39.1 Å². The van der Waals surface area contributed by atoms with Gasteiger partial charge in [-0.05, 0) is 68.1 Å². The fraction of sp³-hybridized carbons (Fsp3) is 0.333. The van der Waals surface area contributed by atoms with E-state index in [1.54, 1.807) is 48.5 Å². The lowest BCUT2D eigenvalue weighted by atomic mass is 9.94. The van der Waals surface area contributed by atoms with Crippen molar-refractivity contribution in [2.45, 2.75) is 75.9 Å². The van der Waals surface area contributed by atoms with Gasteiger partial charge in [0.15, 0.2) is 0 Å². The van der Waals surface area contributed by atoms with Crippen LogP contribution in [0, 0.1) is 6.92 Å². The number of hydrogen-bond acceptors (Lipinski definition) is 5. The second kappa shape index (κ2) is 16.9. The third-order valence-electron chi connectivity index (χ3n) is 8.84. The number of carbonyl (C=O) groups excluding carboxylic acids is 2. The lowest BCUT2D eigenvalue weighted by molar-refractivity contribution is -0.140. The molecule has 5 rings (SSSR count). The molecule has 1 aliphatic rings. The number of sulfonamides is 1. The Hall–Kier alpha value is -4.34. The van der Waals surface area contributed by atoms with Gasteiger partial charge in [0, 0.05) is 24.0 Å². The summed E-state index contributed by atoms with van der Waals surface area (Å²) < 4.78 is 35.8. The molecule has 0 heterocycles. The van der Waals surface area contributed by atoms with Crippen LogP contribution in [0.25, 0.3) is 0 Å². The number of hydrogen-bond donors (Lipinski definition) is 1. The Morgan fingerprint density at radius 2 is 1.53 bits per heavy atom. The maximum absolute atomic E-state index is 14.8. The molecule has 1 fully saturated rings. The van der Waals surface area contributed by atoms with E-state index in [-0.39, 0.29) is 35.5 Å². The van der Waals surface area contributed by atoms with E-state index in [4.69, 9.17) is 16.3 Å². The molecule has 4 aromatic carbocycles. The molecule has 10 heteroatoms. The number of halogens is 1. The zero-order valence-corrected chi connectivity index (χ0v) is 29.6. The summed E-state index contributed by atoms with van der Waals surface area (Å²) in [6.45, 7) is 3.40. The average molecular weight is 702 g/mol. The first kappa shape index (κ1) is 36.0. The first-order valence-electron chi connectivity index (χ1n) is 16.9. The number of ether oxygens (including phenoxy) is 1. The van der Waals surface area contributed by atoms with Crippen molar-refractivity contribution in [3.8, 4) is 5.75 Å². The number of aryl methyl sites for hydroxylation is 1. The van der Waals surface area contributed by atoms with Crippen LogP contribution in [0.4, 0.5) is 5.69 Å². The molecule has 0 aromatic heterocycles. The third-order valence-corrected chi connectivity index (χ3v) is 11.0. The minimum absolute atomic E-state index is 0.000377. The maximum Gasteiger partial charge on any atom is 0.264 e. The molecule has 0 unspecified atom stereocenters. The number of nitrogens with zero attached hydrogens (tertiary/aromatic N) is 2. The van der Waals surface area contributed by atoms with Gasteiger partial charge in [0.2, 0.25) is 11.8 Å². The van der Waals surface area contributed by atoms with Crippen LogP contribution in [0.2, 0.25) is 5.02 Å². The van der Waals surface area contributed by atoms with Crippen LogP contribution in [-0.4, -0.2) is 50.4 Å². The van der Waals surface area contributed by atoms with Gasteiger partial charge in [0.25, 0.3) is 10.0 Å². The topological polar surface area (TPSA) is 96.0 Å². The zero-order valence-electron chi connectivity index (χ0n) is 28.1. The van der Waals surface area contributed by atoms with E-state index in [1.807, 2.05) is 56.3 Å². The molecule has 2 amide bonds. The highest BCUT2D eigenvalue weighted by atomic mass is 35.5. The molecule has 0 radical (unpaired) electrons. The number of amides is 2. The molecule has 8 nitrogen and oxygen atoms in total. The van der Waals surface area contributed by atoms with Crippen LogP contribution in [-0.2, 0) is 32.6 Å². The fourth-order valence-electron chi connectivity index (χ4n) is 6.20. The first-order chi connectivity index (χ1) is 23.7. The van der Waals surface area contributed by atoms with Crippen molar-refractivity contribution < 1.29 is 22.7 Å². The Labute approximate surface area is 295 Å². The summed E-state index contributed by atoms with van der Waals surface area (Å²) in [7, 11) is -4.27. The summed E-state index contributed by atoms with van der Waals surface area (Å²) in [6.07, 6.45) is 5.17. The van der Waals surface area contributed by atoms with Crippen LogP contribution >= 0.6 is 11.6 Å². The summed E-state index contributed by atoms with van der Waals surface area (Å²) >= 11 is 6.63. The molecule has 1 N–H and O–H groups in total. The Morgan fingerprint density at radius 1 is 0.878 bits per heavy atom. The van der Waals surface area contributed by atoms with E-state index in [2.05, 4.69) is 5.32 Å². The molecule has 258 valence electrons. The van der Waals surface area contributed by atoms with Crippen molar-refractivity contribution in [1.82, 2.24) is 10.2 Å². The van der Waals surface area contributed by atoms with Gasteiger partial charge in [-0.1, -0.05) is 109 Å². The highest BCUT2D eigenvalue weighted by Crippen LogP contribution is 2.33. The van der Waals surface area contributed by atoms with Crippen molar-refractivity contribution in [1.29, 1.82) is 0 Å².